The number of ether oxygens (including phenoxy) is 2. The Morgan fingerprint density at radius 2 is 1.83 bits per heavy atom. The molecule has 0 saturated carbocycles. The van der Waals surface area contributed by atoms with Gasteiger partial charge in [-0.05, 0) is 55.5 Å². The van der Waals surface area contributed by atoms with E-state index >= 15 is 0 Å². The quantitative estimate of drug-likeness (QED) is 0.392. The molecule has 0 saturated heterocycles. The predicted octanol–water partition coefficient (Wildman–Crippen LogP) is 3.26. The molecule has 0 bridgehead atoms. The maximum absolute atomic E-state index is 9.78. The van der Waals surface area contributed by atoms with Gasteiger partial charge in [-0.3, -0.25) is 0 Å². The Kier molecular flexibility index (Phi) is 11.0. The van der Waals surface area contributed by atoms with Crippen LogP contribution in [0.3, 0.4) is 0 Å². The van der Waals surface area contributed by atoms with E-state index in [0.29, 0.717) is 0 Å². The Morgan fingerprint density at radius 1 is 1.03 bits per heavy atom. The molecular weight excluding hydrogens is 366 g/mol. The van der Waals surface area contributed by atoms with Gasteiger partial charge in [0.25, 0.3) is 0 Å². The van der Waals surface area contributed by atoms with E-state index in [9.17, 15) is 10.2 Å². The van der Waals surface area contributed by atoms with Crippen molar-refractivity contribution in [3.05, 3.63) is 53.6 Å². The van der Waals surface area contributed by atoms with Gasteiger partial charge in [-0.25, -0.2) is 0 Å². The minimum Gasteiger partial charge on any atom is -0.497 e. The van der Waals surface area contributed by atoms with Gasteiger partial charge in [0, 0.05) is 18.6 Å². The van der Waals surface area contributed by atoms with Crippen molar-refractivity contribution < 1.29 is 19.7 Å². The molecule has 2 rings (SSSR count). The summed E-state index contributed by atoms with van der Waals surface area (Å²) in [6.07, 6.45) is 12.2. The number of benzene rings is 1. The number of nitrogens with one attached hydrogen (secondary N) is 1. The highest BCUT2D eigenvalue weighted by atomic mass is 16.5. The Labute approximate surface area is 175 Å². The molecule has 1 aromatic rings. The Morgan fingerprint density at radius 3 is 2.55 bits per heavy atom. The van der Waals surface area contributed by atoms with Crippen LogP contribution >= 0.6 is 0 Å². The molecule has 3 N–H and O–H groups in total. The Balaban J connectivity index is 1.44. The summed E-state index contributed by atoms with van der Waals surface area (Å²) in [5, 5.41) is 22.6. The van der Waals surface area contributed by atoms with Crippen molar-refractivity contribution in [2.45, 2.75) is 38.5 Å². The fourth-order valence-electron chi connectivity index (χ4n) is 3.58. The smallest absolute Gasteiger partial charge is 0.118 e. The first-order valence-corrected chi connectivity index (χ1v) is 10.7. The summed E-state index contributed by atoms with van der Waals surface area (Å²) in [7, 11) is 1.68. The molecule has 0 amide bonds. The minimum absolute atomic E-state index is 0.0637. The molecule has 1 aliphatic carbocycles. The lowest BCUT2D eigenvalue weighted by Crippen LogP contribution is -2.37. The molecular formula is C24H37NO4. The van der Waals surface area contributed by atoms with Gasteiger partial charge in [0.05, 0.1) is 26.9 Å². The van der Waals surface area contributed by atoms with E-state index in [1.165, 1.54) is 18.4 Å². The fourth-order valence-corrected chi connectivity index (χ4v) is 3.58. The predicted molar refractivity (Wildman–Crippen MR) is 117 cm³/mol. The second kappa shape index (κ2) is 13.5. The summed E-state index contributed by atoms with van der Waals surface area (Å²) < 4.78 is 10.9. The number of hydrogen-bond acceptors (Lipinski definition) is 5. The third kappa shape index (κ3) is 8.70. The number of aliphatic hydroxyl groups excluding tert-OH is 2. The average Bonchev–Trinajstić information content (AvgIpc) is 2.78. The normalized spacial score (nSPS) is 18.7. The molecule has 0 radical (unpaired) electrons. The fraction of sp³-hybridized carbons (Fsp3) is 0.583. The lowest BCUT2D eigenvalue weighted by atomic mass is 9.79. The van der Waals surface area contributed by atoms with E-state index in [1.54, 1.807) is 7.11 Å². The second-order valence-corrected chi connectivity index (χ2v) is 7.84. The maximum atomic E-state index is 9.78. The molecule has 1 aromatic carbocycles. The zero-order valence-corrected chi connectivity index (χ0v) is 17.7. The van der Waals surface area contributed by atoms with Crippen LogP contribution in [0, 0.1) is 5.41 Å². The molecule has 0 spiro atoms. The molecule has 162 valence electrons. The summed E-state index contributed by atoms with van der Waals surface area (Å²) in [6.45, 7) is 3.43. The highest BCUT2D eigenvalue weighted by molar-refractivity contribution is 5.27. The van der Waals surface area contributed by atoms with Crippen LogP contribution in [-0.2, 0) is 11.2 Å². The van der Waals surface area contributed by atoms with Crippen LogP contribution < -0.4 is 10.1 Å². The summed E-state index contributed by atoms with van der Waals surface area (Å²) in [5.74, 6) is 0.887. The van der Waals surface area contributed by atoms with Gasteiger partial charge in [-0.1, -0.05) is 43.2 Å². The van der Waals surface area contributed by atoms with Crippen molar-refractivity contribution in [3.8, 4) is 5.75 Å². The van der Waals surface area contributed by atoms with Crippen molar-refractivity contribution in [2.24, 2.45) is 5.41 Å². The number of hydrogen-bond donors (Lipinski definition) is 3. The van der Waals surface area contributed by atoms with Crippen LogP contribution in [0.2, 0.25) is 0 Å². The van der Waals surface area contributed by atoms with E-state index in [-0.39, 0.29) is 18.6 Å². The van der Waals surface area contributed by atoms with E-state index < -0.39 is 0 Å². The summed E-state index contributed by atoms with van der Waals surface area (Å²) in [5.41, 5.74) is 1.98. The van der Waals surface area contributed by atoms with Crippen LogP contribution in [0.25, 0.3) is 0 Å². The third-order valence-electron chi connectivity index (χ3n) is 5.44. The first-order valence-electron chi connectivity index (χ1n) is 10.7. The molecule has 1 atom stereocenters. The number of rotatable bonds is 15. The first kappa shape index (κ1) is 23.6. The molecule has 5 heteroatoms. The van der Waals surface area contributed by atoms with Crippen molar-refractivity contribution in [3.63, 3.8) is 0 Å². The Bertz CT molecular complexity index is 626. The number of aliphatic hydroxyl groups is 2. The number of methoxy groups -OCH3 is 1. The van der Waals surface area contributed by atoms with Gasteiger partial charge in [0.1, 0.15) is 5.75 Å². The molecule has 1 unspecified atom stereocenters. The lowest BCUT2D eigenvalue weighted by molar-refractivity contribution is 0.132. The summed E-state index contributed by atoms with van der Waals surface area (Å²) in [4.78, 5) is 0. The van der Waals surface area contributed by atoms with Crippen molar-refractivity contribution in [1.29, 1.82) is 0 Å². The molecule has 29 heavy (non-hydrogen) atoms. The molecule has 0 heterocycles. The highest BCUT2D eigenvalue weighted by Gasteiger charge is 2.28. The zero-order valence-electron chi connectivity index (χ0n) is 17.7. The van der Waals surface area contributed by atoms with Crippen molar-refractivity contribution >= 4 is 0 Å². The van der Waals surface area contributed by atoms with Gasteiger partial charge in [0.2, 0.25) is 0 Å². The van der Waals surface area contributed by atoms with Crippen LogP contribution in [0.1, 0.15) is 37.7 Å². The van der Waals surface area contributed by atoms with Crippen molar-refractivity contribution in [2.75, 3.05) is 46.6 Å². The maximum Gasteiger partial charge on any atom is 0.118 e. The molecule has 0 aromatic heterocycles. The first-order chi connectivity index (χ1) is 14.2. The van der Waals surface area contributed by atoms with Gasteiger partial charge >= 0.3 is 0 Å². The topological polar surface area (TPSA) is 71.0 Å². The lowest BCUT2D eigenvalue weighted by Gasteiger charge is -2.32. The molecule has 1 aliphatic rings. The van der Waals surface area contributed by atoms with Crippen LogP contribution in [0.4, 0.5) is 0 Å². The molecule has 0 fully saturated rings. The summed E-state index contributed by atoms with van der Waals surface area (Å²) in [6, 6.07) is 8.14. The van der Waals surface area contributed by atoms with Crippen LogP contribution in [-0.4, -0.2) is 56.8 Å². The standard InChI is InChI=1S/C24H37NO4/c1-28-23-10-8-21(9-11-23)12-16-29-15-5-3-2-4-14-25-19-24(20-27)13-6-7-22(17-24)18-26/h6-11,13,25-27H,2-5,12,14-20H2,1H3. The van der Waals surface area contributed by atoms with Gasteiger partial charge < -0.3 is 25.0 Å². The SMILES string of the molecule is COc1ccc(CCOCCCCCCNCC2(CO)C=CC=C(CO)C2)cc1. The zero-order chi connectivity index (χ0) is 20.8. The molecule has 5 nitrogen and oxygen atoms in total. The van der Waals surface area contributed by atoms with Gasteiger partial charge in [-0.2, -0.15) is 0 Å². The average molecular weight is 404 g/mol. The van der Waals surface area contributed by atoms with E-state index in [4.69, 9.17) is 9.47 Å². The van der Waals surface area contributed by atoms with Crippen molar-refractivity contribution in [1.82, 2.24) is 5.32 Å². The Hall–Kier alpha value is -1.66. The number of unbranched alkanes of at least 4 members (excludes halogenated alkanes) is 3. The van der Waals surface area contributed by atoms with Gasteiger partial charge in [0.15, 0.2) is 0 Å². The number of allylic oxidation sites excluding steroid dienone is 2. The van der Waals surface area contributed by atoms with E-state index in [2.05, 4.69) is 23.5 Å². The van der Waals surface area contributed by atoms with Crippen LogP contribution in [0.5, 0.6) is 5.75 Å². The minimum atomic E-state index is -0.273. The van der Waals surface area contributed by atoms with E-state index in [0.717, 1.165) is 63.3 Å². The second-order valence-electron chi connectivity index (χ2n) is 7.84. The summed E-state index contributed by atoms with van der Waals surface area (Å²) >= 11 is 0. The largest absolute Gasteiger partial charge is 0.497 e. The third-order valence-corrected chi connectivity index (χ3v) is 5.44. The monoisotopic (exact) mass is 403 g/mol. The highest BCUT2D eigenvalue weighted by Crippen LogP contribution is 2.30. The van der Waals surface area contributed by atoms with Crippen LogP contribution in [0.15, 0.2) is 48.1 Å². The van der Waals surface area contributed by atoms with Gasteiger partial charge in [-0.15, -0.1) is 0 Å². The molecule has 0 aliphatic heterocycles. The van der Waals surface area contributed by atoms with E-state index in [1.807, 2.05) is 24.3 Å².